The van der Waals surface area contributed by atoms with Crippen LogP contribution in [0.4, 0.5) is 0 Å². The van der Waals surface area contributed by atoms with E-state index in [2.05, 4.69) is 19.2 Å². The predicted octanol–water partition coefficient (Wildman–Crippen LogP) is 0.918. The van der Waals surface area contributed by atoms with E-state index in [-0.39, 0.29) is 17.9 Å². The molecule has 2 fully saturated rings. The van der Waals surface area contributed by atoms with Crippen LogP contribution in [0.25, 0.3) is 0 Å². The molecule has 5 nitrogen and oxygen atoms in total. The lowest BCUT2D eigenvalue weighted by molar-refractivity contribution is -0.124. The average Bonchev–Trinajstić information content (AvgIpc) is 2.93. The zero-order chi connectivity index (χ0) is 14.5. The van der Waals surface area contributed by atoms with Gasteiger partial charge in [0.1, 0.15) is 0 Å². The molecule has 3 unspecified atom stereocenters. The van der Waals surface area contributed by atoms with Crippen LogP contribution in [0.1, 0.15) is 33.1 Å². The Bertz CT molecular complexity index is 316. The number of carbonyl (C=O) groups excluding carboxylic acids is 1. The molecule has 2 heterocycles. The molecule has 2 saturated heterocycles. The van der Waals surface area contributed by atoms with Crippen LogP contribution in [0.3, 0.4) is 0 Å². The van der Waals surface area contributed by atoms with E-state index in [0.717, 1.165) is 39.1 Å². The number of nitrogens with two attached hydrogens (primary N) is 1. The van der Waals surface area contributed by atoms with Crippen LogP contribution in [0, 0.1) is 17.8 Å². The summed E-state index contributed by atoms with van der Waals surface area (Å²) in [5, 5.41) is 3.02. The Morgan fingerprint density at radius 2 is 1.95 bits per heavy atom. The quantitative estimate of drug-likeness (QED) is 0.787. The van der Waals surface area contributed by atoms with Crippen molar-refractivity contribution in [3.8, 4) is 0 Å². The maximum absolute atomic E-state index is 12.2. The van der Waals surface area contributed by atoms with Crippen LogP contribution < -0.4 is 11.1 Å². The molecule has 0 saturated carbocycles. The molecule has 3 N–H and O–H groups in total. The molecule has 0 aliphatic carbocycles. The standard InChI is InChI=1S/C15H28N2O3/c1-10(2)14-12(5-8-20-14)9-17-15(18)13(16)11-3-6-19-7-4-11/h10-14H,3-9,16H2,1-2H3,(H,17,18). The summed E-state index contributed by atoms with van der Waals surface area (Å²) in [6.45, 7) is 7.25. The number of hydrogen-bond acceptors (Lipinski definition) is 4. The average molecular weight is 284 g/mol. The van der Waals surface area contributed by atoms with Crippen molar-refractivity contribution in [1.29, 1.82) is 0 Å². The third-order valence-electron chi connectivity index (χ3n) is 4.54. The van der Waals surface area contributed by atoms with Crippen LogP contribution in [0.15, 0.2) is 0 Å². The molecule has 2 rings (SSSR count). The highest BCUT2D eigenvalue weighted by atomic mass is 16.5. The molecule has 0 radical (unpaired) electrons. The first-order chi connectivity index (χ1) is 9.59. The van der Waals surface area contributed by atoms with E-state index in [4.69, 9.17) is 15.2 Å². The normalized spacial score (nSPS) is 29.6. The summed E-state index contributed by atoms with van der Waals surface area (Å²) in [7, 11) is 0. The van der Waals surface area contributed by atoms with Crippen molar-refractivity contribution in [2.24, 2.45) is 23.5 Å². The van der Waals surface area contributed by atoms with E-state index in [0.29, 0.717) is 18.4 Å². The van der Waals surface area contributed by atoms with Crippen LogP contribution in [-0.2, 0) is 14.3 Å². The fourth-order valence-electron chi connectivity index (χ4n) is 3.25. The monoisotopic (exact) mass is 284 g/mol. The number of amides is 1. The van der Waals surface area contributed by atoms with Gasteiger partial charge >= 0.3 is 0 Å². The molecule has 0 spiro atoms. The maximum atomic E-state index is 12.2. The summed E-state index contributed by atoms with van der Waals surface area (Å²) in [5.74, 6) is 1.14. The number of ether oxygens (including phenoxy) is 2. The molecule has 0 bridgehead atoms. The lowest BCUT2D eigenvalue weighted by atomic mass is 9.90. The summed E-state index contributed by atoms with van der Waals surface area (Å²) in [6.07, 6.45) is 3.05. The minimum absolute atomic E-state index is 0.0219. The van der Waals surface area contributed by atoms with Gasteiger partial charge in [-0.1, -0.05) is 13.8 Å². The second kappa shape index (κ2) is 7.38. The smallest absolute Gasteiger partial charge is 0.237 e. The van der Waals surface area contributed by atoms with Gasteiger partial charge in [-0.15, -0.1) is 0 Å². The highest BCUT2D eigenvalue weighted by molar-refractivity contribution is 5.81. The van der Waals surface area contributed by atoms with Crippen molar-refractivity contribution in [3.05, 3.63) is 0 Å². The van der Waals surface area contributed by atoms with Gasteiger partial charge in [0, 0.05) is 32.3 Å². The second-order valence-electron chi connectivity index (χ2n) is 6.35. The van der Waals surface area contributed by atoms with Crippen LogP contribution in [0.5, 0.6) is 0 Å². The van der Waals surface area contributed by atoms with Crippen molar-refractivity contribution < 1.29 is 14.3 Å². The second-order valence-corrected chi connectivity index (χ2v) is 6.35. The Morgan fingerprint density at radius 1 is 1.25 bits per heavy atom. The van der Waals surface area contributed by atoms with Gasteiger partial charge in [-0.25, -0.2) is 0 Å². The highest BCUT2D eigenvalue weighted by Crippen LogP contribution is 2.26. The summed E-state index contributed by atoms with van der Waals surface area (Å²) < 4.78 is 11.0. The number of hydrogen-bond donors (Lipinski definition) is 2. The van der Waals surface area contributed by atoms with Crippen LogP contribution in [0.2, 0.25) is 0 Å². The first kappa shape index (κ1) is 15.7. The fourth-order valence-corrected chi connectivity index (χ4v) is 3.25. The minimum Gasteiger partial charge on any atom is -0.381 e. The van der Waals surface area contributed by atoms with E-state index in [1.807, 2.05) is 0 Å². The van der Waals surface area contributed by atoms with E-state index >= 15 is 0 Å². The first-order valence-electron chi connectivity index (χ1n) is 7.82. The first-order valence-corrected chi connectivity index (χ1v) is 7.82. The van der Waals surface area contributed by atoms with E-state index in [1.165, 1.54) is 0 Å². The SMILES string of the molecule is CC(C)C1OCCC1CNC(=O)C(N)C1CCOCC1. The molecule has 2 aliphatic rings. The molecular weight excluding hydrogens is 256 g/mol. The number of nitrogens with one attached hydrogen (secondary N) is 1. The minimum atomic E-state index is -0.404. The lowest BCUT2D eigenvalue weighted by Gasteiger charge is -2.28. The van der Waals surface area contributed by atoms with Crippen molar-refractivity contribution in [2.45, 2.75) is 45.3 Å². The zero-order valence-corrected chi connectivity index (χ0v) is 12.6. The van der Waals surface area contributed by atoms with E-state index in [1.54, 1.807) is 0 Å². The Balaban J connectivity index is 1.76. The molecule has 0 aromatic heterocycles. The molecule has 5 heteroatoms. The number of carbonyl (C=O) groups is 1. The van der Waals surface area contributed by atoms with Gasteiger partial charge in [-0.2, -0.15) is 0 Å². The third kappa shape index (κ3) is 3.93. The summed E-state index contributed by atoms with van der Waals surface area (Å²) in [5.41, 5.74) is 6.07. The predicted molar refractivity (Wildman–Crippen MR) is 77.2 cm³/mol. The maximum Gasteiger partial charge on any atom is 0.237 e. The van der Waals surface area contributed by atoms with Crippen LogP contribution >= 0.6 is 0 Å². The van der Waals surface area contributed by atoms with Crippen molar-refractivity contribution >= 4 is 5.91 Å². The Kier molecular flexibility index (Phi) is 5.81. The van der Waals surface area contributed by atoms with Gasteiger partial charge in [-0.05, 0) is 31.1 Å². The number of rotatable bonds is 5. The fraction of sp³-hybridized carbons (Fsp3) is 0.933. The zero-order valence-electron chi connectivity index (χ0n) is 12.6. The van der Waals surface area contributed by atoms with Crippen molar-refractivity contribution in [3.63, 3.8) is 0 Å². The largest absolute Gasteiger partial charge is 0.381 e. The van der Waals surface area contributed by atoms with Gasteiger partial charge in [0.15, 0.2) is 0 Å². The lowest BCUT2D eigenvalue weighted by Crippen LogP contribution is -2.48. The van der Waals surface area contributed by atoms with Crippen molar-refractivity contribution in [1.82, 2.24) is 5.32 Å². The Hall–Kier alpha value is -0.650. The third-order valence-corrected chi connectivity index (χ3v) is 4.54. The summed E-state index contributed by atoms with van der Waals surface area (Å²) in [4.78, 5) is 12.2. The van der Waals surface area contributed by atoms with Crippen molar-refractivity contribution in [2.75, 3.05) is 26.4 Å². The van der Waals surface area contributed by atoms with Gasteiger partial charge in [0.05, 0.1) is 12.1 Å². The molecule has 116 valence electrons. The molecule has 1 amide bonds. The molecule has 20 heavy (non-hydrogen) atoms. The van der Waals surface area contributed by atoms with E-state index < -0.39 is 6.04 Å². The highest BCUT2D eigenvalue weighted by Gasteiger charge is 2.32. The van der Waals surface area contributed by atoms with Gasteiger partial charge in [-0.3, -0.25) is 4.79 Å². The molecule has 2 aliphatic heterocycles. The van der Waals surface area contributed by atoms with Gasteiger partial charge in [0.25, 0.3) is 0 Å². The van der Waals surface area contributed by atoms with Gasteiger partial charge < -0.3 is 20.5 Å². The Labute approximate surface area is 121 Å². The van der Waals surface area contributed by atoms with Gasteiger partial charge in [0.2, 0.25) is 5.91 Å². The molecule has 0 aromatic carbocycles. The summed E-state index contributed by atoms with van der Waals surface area (Å²) >= 11 is 0. The van der Waals surface area contributed by atoms with Crippen LogP contribution in [-0.4, -0.2) is 44.4 Å². The van der Waals surface area contributed by atoms with E-state index in [9.17, 15) is 4.79 Å². The summed E-state index contributed by atoms with van der Waals surface area (Å²) in [6, 6.07) is -0.404. The molecular formula is C15H28N2O3. The molecule has 0 aromatic rings. The molecule has 3 atom stereocenters. The topological polar surface area (TPSA) is 73.6 Å². The Morgan fingerprint density at radius 3 is 2.60 bits per heavy atom.